The van der Waals surface area contributed by atoms with E-state index in [1.165, 1.54) is 71.4 Å². The molecule has 58 heavy (non-hydrogen) atoms. The van der Waals surface area contributed by atoms with Gasteiger partial charge in [0.15, 0.2) is 5.82 Å². The fourth-order valence-electron chi connectivity index (χ4n) is 8.23. The van der Waals surface area contributed by atoms with Gasteiger partial charge in [0.1, 0.15) is 11.6 Å². The summed E-state index contributed by atoms with van der Waals surface area (Å²) in [5.41, 5.74) is 12.2. The first-order valence-corrected chi connectivity index (χ1v) is 20.8. The summed E-state index contributed by atoms with van der Waals surface area (Å²) < 4.78 is 0. The van der Waals surface area contributed by atoms with Gasteiger partial charge < -0.3 is 0 Å². The third-order valence-corrected chi connectivity index (χ3v) is 11.7. The molecule has 0 amide bonds. The lowest BCUT2D eigenvalue weighted by Crippen LogP contribution is -2.24. The molecule has 8 aromatic rings. The van der Waals surface area contributed by atoms with Gasteiger partial charge in [-0.25, -0.2) is 15.0 Å². The lowest BCUT2D eigenvalue weighted by Gasteiger charge is -2.26. The van der Waals surface area contributed by atoms with Crippen LogP contribution in [-0.4, -0.2) is 19.9 Å². The summed E-state index contributed by atoms with van der Waals surface area (Å²) in [6.07, 6.45) is 0. The molecule has 0 N–H and O–H groups in total. The molecule has 0 bridgehead atoms. The van der Waals surface area contributed by atoms with Crippen molar-refractivity contribution in [1.29, 1.82) is 0 Å². The van der Waals surface area contributed by atoms with Gasteiger partial charge in [-0.05, 0) is 121 Å². The standard InChI is InChI=1S/C54H58N4/c1-31-19-15-17-21-34(31)40-29-42-36(33-27-44(51(3,4)5)55-45(28-33)52(6,7)8)23-24-37-41(35-22-18-16-20-32(35)2)30-43-39(26-25-38(40)47(43)46(37)42)48-56-49(53(9,10)11)58-50(57-48)54(12,13)14/h15-30H,1-14H3. The molecule has 2 aromatic heterocycles. The maximum atomic E-state index is 5.29. The monoisotopic (exact) mass is 762 g/mol. The van der Waals surface area contributed by atoms with Crippen molar-refractivity contribution in [3.8, 4) is 44.8 Å². The zero-order chi connectivity index (χ0) is 41.7. The number of benzene rings is 6. The second kappa shape index (κ2) is 13.5. The second-order valence-electron chi connectivity index (χ2n) is 20.6. The molecule has 0 spiro atoms. The van der Waals surface area contributed by atoms with Crippen LogP contribution in [0.1, 0.15) is 117 Å². The van der Waals surface area contributed by atoms with E-state index >= 15 is 0 Å². The maximum absolute atomic E-state index is 5.29. The minimum absolute atomic E-state index is 0.124. The van der Waals surface area contributed by atoms with Crippen LogP contribution < -0.4 is 0 Å². The van der Waals surface area contributed by atoms with E-state index in [2.05, 4.69) is 194 Å². The zero-order valence-corrected chi connectivity index (χ0v) is 37.0. The average molecular weight is 763 g/mol. The molecule has 0 unspecified atom stereocenters. The number of hydrogen-bond acceptors (Lipinski definition) is 4. The van der Waals surface area contributed by atoms with Crippen molar-refractivity contribution in [1.82, 2.24) is 19.9 Å². The summed E-state index contributed by atoms with van der Waals surface area (Å²) in [7, 11) is 0. The van der Waals surface area contributed by atoms with Gasteiger partial charge in [0, 0.05) is 38.6 Å². The lowest BCUT2D eigenvalue weighted by atomic mass is 9.80. The highest BCUT2D eigenvalue weighted by Gasteiger charge is 2.29. The number of hydrogen-bond donors (Lipinski definition) is 0. The first kappa shape index (κ1) is 39.4. The van der Waals surface area contributed by atoms with Crippen LogP contribution in [-0.2, 0) is 21.7 Å². The first-order valence-electron chi connectivity index (χ1n) is 20.8. The van der Waals surface area contributed by atoms with Crippen LogP contribution in [0.2, 0.25) is 0 Å². The highest BCUT2D eigenvalue weighted by molar-refractivity contribution is 6.32. The Labute approximate surface area is 345 Å². The van der Waals surface area contributed by atoms with Crippen LogP contribution in [0.25, 0.3) is 77.1 Å². The van der Waals surface area contributed by atoms with Gasteiger partial charge in [-0.1, -0.05) is 150 Å². The summed E-state index contributed by atoms with van der Waals surface area (Å²) in [6, 6.07) is 36.4. The molecule has 0 saturated heterocycles. The number of aryl methyl sites for hydroxylation is 2. The van der Waals surface area contributed by atoms with Gasteiger partial charge in [-0.2, -0.15) is 0 Å². The second-order valence-corrected chi connectivity index (χ2v) is 20.6. The van der Waals surface area contributed by atoms with Gasteiger partial charge in [-0.15, -0.1) is 0 Å². The Kier molecular flexibility index (Phi) is 9.19. The largest absolute Gasteiger partial charge is 0.257 e. The smallest absolute Gasteiger partial charge is 0.164 e. The van der Waals surface area contributed by atoms with Gasteiger partial charge in [0.2, 0.25) is 0 Å². The van der Waals surface area contributed by atoms with Crippen molar-refractivity contribution in [2.45, 2.75) is 119 Å². The summed E-state index contributed by atoms with van der Waals surface area (Å²) in [5, 5.41) is 7.33. The third kappa shape index (κ3) is 6.85. The third-order valence-electron chi connectivity index (χ3n) is 11.7. The summed E-state index contributed by atoms with van der Waals surface area (Å²) in [6.45, 7) is 31.1. The van der Waals surface area contributed by atoms with Crippen LogP contribution in [0.3, 0.4) is 0 Å². The van der Waals surface area contributed by atoms with E-state index in [0.717, 1.165) is 39.8 Å². The van der Waals surface area contributed by atoms with E-state index in [0.29, 0.717) is 0 Å². The van der Waals surface area contributed by atoms with E-state index in [-0.39, 0.29) is 21.7 Å². The van der Waals surface area contributed by atoms with Gasteiger partial charge >= 0.3 is 0 Å². The van der Waals surface area contributed by atoms with E-state index in [4.69, 9.17) is 19.9 Å². The molecule has 4 nitrogen and oxygen atoms in total. The van der Waals surface area contributed by atoms with Gasteiger partial charge in [-0.3, -0.25) is 4.98 Å². The van der Waals surface area contributed by atoms with Gasteiger partial charge in [0.05, 0.1) is 0 Å². The van der Waals surface area contributed by atoms with Crippen LogP contribution in [0.15, 0.2) is 97.1 Å². The summed E-state index contributed by atoms with van der Waals surface area (Å²) in [4.78, 5) is 20.9. The fourth-order valence-corrected chi connectivity index (χ4v) is 8.23. The average Bonchev–Trinajstić information content (AvgIpc) is 3.15. The van der Waals surface area contributed by atoms with E-state index < -0.39 is 0 Å². The molecule has 0 aliphatic rings. The number of aromatic nitrogens is 4. The van der Waals surface area contributed by atoms with Crippen LogP contribution in [0.4, 0.5) is 0 Å². The molecule has 8 rings (SSSR count). The molecule has 0 saturated carbocycles. The Morgan fingerprint density at radius 2 is 0.759 bits per heavy atom. The van der Waals surface area contributed by atoms with Crippen molar-refractivity contribution in [2.75, 3.05) is 0 Å². The molecule has 0 fully saturated rings. The molecular weight excluding hydrogens is 705 g/mol. The summed E-state index contributed by atoms with van der Waals surface area (Å²) in [5.74, 6) is 2.32. The first-order chi connectivity index (χ1) is 27.1. The highest BCUT2D eigenvalue weighted by Crippen LogP contribution is 2.50. The van der Waals surface area contributed by atoms with Crippen LogP contribution in [0, 0.1) is 13.8 Å². The minimum atomic E-state index is -0.261. The van der Waals surface area contributed by atoms with Crippen LogP contribution in [0.5, 0.6) is 0 Å². The van der Waals surface area contributed by atoms with Crippen molar-refractivity contribution in [3.05, 3.63) is 131 Å². The Bertz CT molecular complexity index is 2620. The molecule has 2 heterocycles. The molecule has 294 valence electrons. The molecule has 6 aromatic carbocycles. The Morgan fingerprint density at radius 1 is 0.345 bits per heavy atom. The zero-order valence-electron chi connectivity index (χ0n) is 37.0. The van der Waals surface area contributed by atoms with Crippen molar-refractivity contribution in [2.24, 2.45) is 0 Å². The van der Waals surface area contributed by atoms with Gasteiger partial charge in [0.25, 0.3) is 0 Å². The quantitative estimate of drug-likeness (QED) is 0.168. The normalized spacial score (nSPS) is 13.0. The van der Waals surface area contributed by atoms with Crippen molar-refractivity contribution in [3.63, 3.8) is 0 Å². The Hall–Kier alpha value is -5.48. The fraction of sp³-hybridized carbons (Fsp3) is 0.333. The van der Waals surface area contributed by atoms with E-state index in [1.807, 2.05) is 0 Å². The molecule has 0 aliphatic carbocycles. The maximum Gasteiger partial charge on any atom is 0.164 e. The van der Waals surface area contributed by atoms with E-state index in [1.54, 1.807) is 0 Å². The van der Waals surface area contributed by atoms with E-state index in [9.17, 15) is 0 Å². The molecule has 0 radical (unpaired) electrons. The number of pyridine rings is 1. The summed E-state index contributed by atoms with van der Waals surface area (Å²) >= 11 is 0. The van der Waals surface area contributed by atoms with Crippen molar-refractivity contribution >= 4 is 32.3 Å². The highest BCUT2D eigenvalue weighted by atomic mass is 15.1. The lowest BCUT2D eigenvalue weighted by molar-refractivity contribution is 0.497. The van der Waals surface area contributed by atoms with Crippen LogP contribution >= 0.6 is 0 Å². The molecule has 0 aliphatic heterocycles. The predicted molar refractivity (Wildman–Crippen MR) is 247 cm³/mol. The number of rotatable bonds is 4. The molecule has 0 atom stereocenters. The Balaban J connectivity index is 1.61. The molecule has 4 heteroatoms. The minimum Gasteiger partial charge on any atom is -0.257 e. The Morgan fingerprint density at radius 3 is 1.17 bits per heavy atom. The molecular formula is C54H58N4. The predicted octanol–water partition coefficient (Wildman–Crippen LogP) is 14.6. The van der Waals surface area contributed by atoms with Crippen molar-refractivity contribution < 1.29 is 0 Å². The SMILES string of the molecule is Cc1ccccc1-c1cc2c(-c3nc(C(C)(C)C)nc(C(C)(C)C)n3)ccc3c(-c4ccccc4C)cc4c(-c5cc(C(C)(C)C)nc(C(C)(C)C)c5)ccc1c4c23. The topological polar surface area (TPSA) is 51.6 Å². The number of nitrogens with zero attached hydrogens (tertiary/aromatic N) is 4.